The van der Waals surface area contributed by atoms with Gasteiger partial charge in [-0.05, 0) is 40.2 Å². The van der Waals surface area contributed by atoms with Crippen molar-refractivity contribution >= 4 is 15.9 Å². The smallest absolute Gasteiger partial charge is 0.240 e. The van der Waals surface area contributed by atoms with E-state index < -0.39 is 0 Å². The summed E-state index contributed by atoms with van der Waals surface area (Å²) in [4.78, 5) is 4.19. The number of halogens is 1. The lowest BCUT2D eigenvalue weighted by Gasteiger charge is -2.05. The highest BCUT2D eigenvalue weighted by atomic mass is 79.9. The maximum atomic E-state index is 5.44. The molecular formula is C12H10BrN5O. The SMILES string of the molecule is NCc1nc(-c2ccc(-n3cccn3)c(Br)c2)no1. The van der Waals surface area contributed by atoms with Crippen LogP contribution in [0.2, 0.25) is 0 Å². The van der Waals surface area contributed by atoms with Gasteiger partial charge in [0.2, 0.25) is 11.7 Å². The first-order chi connectivity index (χ1) is 9.28. The molecule has 2 heterocycles. The van der Waals surface area contributed by atoms with Gasteiger partial charge in [-0.15, -0.1) is 0 Å². The molecule has 0 fully saturated rings. The fraction of sp³-hybridized carbons (Fsp3) is 0.0833. The Kier molecular flexibility index (Phi) is 3.14. The molecule has 96 valence electrons. The monoisotopic (exact) mass is 319 g/mol. The lowest BCUT2D eigenvalue weighted by atomic mass is 10.2. The van der Waals surface area contributed by atoms with Gasteiger partial charge in [-0.25, -0.2) is 4.68 Å². The van der Waals surface area contributed by atoms with Crippen molar-refractivity contribution in [2.24, 2.45) is 5.73 Å². The van der Waals surface area contributed by atoms with Crippen LogP contribution < -0.4 is 5.73 Å². The van der Waals surface area contributed by atoms with E-state index in [-0.39, 0.29) is 6.54 Å². The number of hydrogen-bond donors (Lipinski definition) is 1. The Morgan fingerprint density at radius 2 is 2.26 bits per heavy atom. The molecule has 0 saturated heterocycles. The maximum Gasteiger partial charge on any atom is 0.240 e. The van der Waals surface area contributed by atoms with Crippen molar-refractivity contribution in [2.75, 3.05) is 0 Å². The summed E-state index contributed by atoms with van der Waals surface area (Å²) in [7, 11) is 0. The molecule has 2 N–H and O–H groups in total. The Balaban J connectivity index is 1.99. The van der Waals surface area contributed by atoms with E-state index in [0.717, 1.165) is 15.7 Å². The van der Waals surface area contributed by atoms with Gasteiger partial charge in [0.15, 0.2) is 0 Å². The topological polar surface area (TPSA) is 82.8 Å². The van der Waals surface area contributed by atoms with Crippen molar-refractivity contribution in [3.05, 3.63) is 47.0 Å². The summed E-state index contributed by atoms with van der Waals surface area (Å²) in [5.41, 5.74) is 7.24. The minimum atomic E-state index is 0.236. The first-order valence-corrected chi connectivity index (χ1v) is 6.40. The van der Waals surface area contributed by atoms with Crippen molar-refractivity contribution < 1.29 is 4.52 Å². The zero-order valence-electron chi connectivity index (χ0n) is 9.82. The molecule has 0 bridgehead atoms. The number of nitrogens with zero attached hydrogens (tertiary/aromatic N) is 4. The second-order valence-electron chi connectivity index (χ2n) is 3.83. The zero-order valence-corrected chi connectivity index (χ0v) is 11.4. The van der Waals surface area contributed by atoms with Crippen LogP contribution in [0.15, 0.2) is 45.7 Å². The van der Waals surface area contributed by atoms with Crippen molar-refractivity contribution in [2.45, 2.75) is 6.54 Å². The van der Waals surface area contributed by atoms with Crippen LogP contribution in [0.25, 0.3) is 17.1 Å². The molecule has 0 spiro atoms. The Bertz CT molecular complexity index is 692. The summed E-state index contributed by atoms with van der Waals surface area (Å²) in [6, 6.07) is 7.63. The molecule has 0 saturated carbocycles. The van der Waals surface area contributed by atoms with E-state index in [9.17, 15) is 0 Å². The molecule has 0 unspecified atom stereocenters. The lowest BCUT2D eigenvalue weighted by Crippen LogP contribution is -1.96. The molecule has 0 atom stereocenters. The molecule has 3 aromatic rings. The van der Waals surface area contributed by atoms with Gasteiger partial charge >= 0.3 is 0 Å². The van der Waals surface area contributed by atoms with Gasteiger partial charge in [-0.3, -0.25) is 0 Å². The first-order valence-electron chi connectivity index (χ1n) is 5.60. The highest BCUT2D eigenvalue weighted by molar-refractivity contribution is 9.10. The molecule has 0 aliphatic heterocycles. The van der Waals surface area contributed by atoms with Gasteiger partial charge in [-0.2, -0.15) is 10.1 Å². The molecule has 2 aromatic heterocycles. The van der Waals surface area contributed by atoms with E-state index >= 15 is 0 Å². The summed E-state index contributed by atoms with van der Waals surface area (Å²) in [5, 5.41) is 8.07. The minimum absolute atomic E-state index is 0.236. The summed E-state index contributed by atoms with van der Waals surface area (Å²) < 4.78 is 7.66. The van der Waals surface area contributed by atoms with Crippen molar-refractivity contribution in [3.63, 3.8) is 0 Å². The van der Waals surface area contributed by atoms with E-state index in [1.54, 1.807) is 10.9 Å². The number of aromatic nitrogens is 4. The summed E-state index contributed by atoms with van der Waals surface area (Å²) >= 11 is 3.52. The summed E-state index contributed by atoms with van der Waals surface area (Å²) in [6.07, 6.45) is 3.60. The van der Waals surface area contributed by atoms with E-state index in [4.69, 9.17) is 10.3 Å². The van der Waals surface area contributed by atoms with Gasteiger partial charge in [-0.1, -0.05) is 5.16 Å². The molecule has 0 aliphatic rings. The Morgan fingerprint density at radius 1 is 1.37 bits per heavy atom. The van der Waals surface area contributed by atoms with Crippen molar-refractivity contribution in [1.82, 2.24) is 19.9 Å². The predicted molar refractivity (Wildman–Crippen MR) is 72.4 cm³/mol. The van der Waals surface area contributed by atoms with Crippen LogP contribution in [0.4, 0.5) is 0 Å². The maximum absolute atomic E-state index is 5.44. The van der Waals surface area contributed by atoms with Gasteiger partial charge in [0.1, 0.15) is 0 Å². The van der Waals surface area contributed by atoms with E-state index in [0.29, 0.717) is 11.7 Å². The van der Waals surface area contributed by atoms with Crippen LogP contribution in [0.3, 0.4) is 0 Å². The van der Waals surface area contributed by atoms with Crippen LogP contribution in [-0.4, -0.2) is 19.9 Å². The minimum Gasteiger partial charge on any atom is -0.338 e. The van der Waals surface area contributed by atoms with Crippen molar-refractivity contribution in [1.29, 1.82) is 0 Å². The highest BCUT2D eigenvalue weighted by Crippen LogP contribution is 2.26. The second-order valence-corrected chi connectivity index (χ2v) is 4.69. The normalized spacial score (nSPS) is 10.8. The molecule has 6 nitrogen and oxygen atoms in total. The molecule has 1 aromatic carbocycles. The summed E-state index contributed by atoms with van der Waals surface area (Å²) in [6.45, 7) is 0.236. The Morgan fingerprint density at radius 3 is 2.89 bits per heavy atom. The molecule has 7 heteroatoms. The lowest BCUT2D eigenvalue weighted by molar-refractivity contribution is 0.380. The highest BCUT2D eigenvalue weighted by Gasteiger charge is 2.10. The quantitative estimate of drug-likeness (QED) is 0.799. The molecule has 0 aliphatic carbocycles. The third kappa shape index (κ3) is 2.29. The Hall–Kier alpha value is -1.99. The molecule has 0 amide bonds. The average Bonchev–Trinajstić information content (AvgIpc) is 3.10. The van der Waals surface area contributed by atoms with Gasteiger partial charge < -0.3 is 10.3 Å². The van der Waals surface area contributed by atoms with E-state index in [1.807, 2.05) is 30.5 Å². The third-order valence-corrected chi connectivity index (χ3v) is 3.23. The van der Waals surface area contributed by atoms with E-state index in [1.165, 1.54) is 0 Å². The second kappa shape index (κ2) is 4.94. The van der Waals surface area contributed by atoms with Gasteiger partial charge in [0.25, 0.3) is 0 Å². The fourth-order valence-corrected chi connectivity index (χ4v) is 2.26. The fourth-order valence-electron chi connectivity index (χ4n) is 1.70. The van der Waals surface area contributed by atoms with Crippen LogP contribution in [0.1, 0.15) is 5.89 Å². The van der Waals surface area contributed by atoms with Gasteiger partial charge in [0, 0.05) is 22.4 Å². The van der Waals surface area contributed by atoms with Gasteiger partial charge in [0.05, 0.1) is 12.2 Å². The molecule has 0 radical (unpaired) electrons. The van der Waals surface area contributed by atoms with Crippen LogP contribution in [-0.2, 0) is 6.54 Å². The van der Waals surface area contributed by atoms with E-state index in [2.05, 4.69) is 31.2 Å². The number of benzene rings is 1. The van der Waals surface area contributed by atoms with Crippen LogP contribution >= 0.6 is 15.9 Å². The molecule has 3 rings (SSSR count). The summed E-state index contributed by atoms with van der Waals surface area (Å²) in [5.74, 6) is 0.940. The Labute approximate surface area is 117 Å². The van der Waals surface area contributed by atoms with Crippen molar-refractivity contribution in [3.8, 4) is 17.1 Å². The number of nitrogens with two attached hydrogens (primary N) is 1. The van der Waals surface area contributed by atoms with Crippen LogP contribution in [0.5, 0.6) is 0 Å². The standard InChI is InChI=1S/C12H10BrN5O/c13-9-6-8(12-16-11(7-14)19-17-12)2-3-10(9)18-5-1-4-15-18/h1-6H,7,14H2. The zero-order chi connectivity index (χ0) is 13.2. The average molecular weight is 320 g/mol. The molecular weight excluding hydrogens is 310 g/mol. The number of rotatable bonds is 3. The first kappa shape index (κ1) is 12.1. The molecule has 19 heavy (non-hydrogen) atoms. The third-order valence-electron chi connectivity index (χ3n) is 2.60. The number of hydrogen-bond acceptors (Lipinski definition) is 5. The largest absolute Gasteiger partial charge is 0.338 e. The van der Waals surface area contributed by atoms with Crippen LogP contribution in [0, 0.1) is 0 Å². The predicted octanol–water partition coefficient (Wildman–Crippen LogP) is 2.14.